The number of aliphatic hydroxyl groups excluding tert-OH is 2. The summed E-state index contributed by atoms with van der Waals surface area (Å²) in [6, 6.07) is 18.6. The summed E-state index contributed by atoms with van der Waals surface area (Å²) < 4.78 is 0. The van der Waals surface area contributed by atoms with Gasteiger partial charge in [0.25, 0.3) is 0 Å². The number of aliphatic hydroxyl groups is 2. The van der Waals surface area contributed by atoms with Crippen molar-refractivity contribution in [2.24, 2.45) is 5.73 Å². The van der Waals surface area contributed by atoms with Crippen molar-refractivity contribution in [2.45, 2.75) is 37.5 Å². The number of aromatic nitrogens is 2. The van der Waals surface area contributed by atoms with Gasteiger partial charge < -0.3 is 36.0 Å². The molecule has 1 amide bonds. The minimum Gasteiger partial charge on any atom is -0.479 e. The van der Waals surface area contributed by atoms with Gasteiger partial charge in [-0.15, -0.1) is 0 Å². The molecule has 2 atom stereocenters. The Morgan fingerprint density at radius 2 is 1.63 bits per heavy atom. The molecule has 1 fully saturated rings. The van der Waals surface area contributed by atoms with E-state index in [0.717, 1.165) is 48.4 Å². The van der Waals surface area contributed by atoms with Crippen molar-refractivity contribution in [1.82, 2.24) is 14.9 Å². The Bertz CT molecular complexity index is 1280. The summed E-state index contributed by atoms with van der Waals surface area (Å²) in [4.78, 5) is 44.5. The van der Waals surface area contributed by atoms with E-state index in [2.05, 4.69) is 46.3 Å². The number of piperidine rings is 1. The number of anilines is 1. The second-order valence-corrected chi connectivity index (χ2v) is 9.64. The molecule has 41 heavy (non-hydrogen) atoms. The van der Waals surface area contributed by atoms with Gasteiger partial charge in [-0.25, -0.2) is 14.6 Å². The van der Waals surface area contributed by atoms with E-state index in [1.807, 2.05) is 30.6 Å². The number of benzene rings is 1. The molecule has 3 aromatic rings. The van der Waals surface area contributed by atoms with Crippen LogP contribution in [0.2, 0.25) is 0 Å². The Balaban J connectivity index is 0.000000397. The van der Waals surface area contributed by atoms with Crippen LogP contribution in [0.1, 0.15) is 30.0 Å². The molecule has 0 bridgehead atoms. The number of nitrogens with two attached hydrogens (primary N) is 1. The summed E-state index contributed by atoms with van der Waals surface area (Å²) in [5.41, 5.74) is 9.89. The molecular weight excluding hydrogens is 530 g/mol. The number of hydrogen-bond donors (Lipinski definition) is 5. The van der Waals surface area contributed by atoms with Crippen molar-refractivity contribution in [3.63, 3.8) is 0 Å². The molecule has 218 valence electrons. The Labute approximate surface area is 237 Å². The minimum absolute atomic E-state index is 0.0285. The maximum absolute atomic E-state index is 11.7. The second-order valence-electron chi connectivity index (χ2n) is 9.64. The van der Waals surface area contributed by atoms with Crippen LogP contribution in [0, 0.1) is 0 Å². The number of carboxylic acid groups (broad SMARTS) is 2. The summed E-state index contributed by atoms with van der Waals surface area (Å²) in [6.07, 6.45) is 1.48. The molecule has 0 radical (unpaired) electrons. The number of amides is 1. The molecule has 0 unspecified atom stereocenters. The summed E-state index contributed by atoms with van der Waals surface area (Å²) in [7, 11) is 1.77. The molecule has 12 nitrogen and oxygen atoms in total. The van der Waals surface area contributed by atoms with Crippen molar-refractivity contribution in [3.05, 3.63) is 78.2 Å². The van der Waals surface area contributed by atoms with Gasteiger partial charge in [-0.3, -0.25) is 9.78 Å². The molecule has 1 aliphatic rings. The third-order valence-electron chi connectivity index (χ3n) is 6.76. The number of carbonyl (C=O) groups excluding carboxylic acids is 1. The van der Waals surface area contributed by atoms with Crippen molar-refractivity contribution >= 4 is 23.7 Å². The van der Waals surface area contributed by atoms with Gasteiger partial charge in [-0.1, -0.05) is 24.3 Å². The fourth-order valence-electron chi connectivity index (χ4n) is 4.40. The number of pyridine rings is 2. The molecule has 1 aromatic carbocycles. The molecule has 0 aliphatic carbocycles. The summed E-state index contributed by atoms with van der Waals surface area (Å²) in [6.45, 7) is 2.55. The molecule has 4 rings (SSSR count). The van der Waals surface area contributed by atoms with E-state index in [1.165, 1.54) is 5.69 Å². The highest BCUT2D eigenvalue weighted by Gasteiger charge is 2.29. The van der Waals surface area contributed by atoms with Gasteiger partial charge in [0.1, 0.15) is 5.82 Å². The zero-order valence-electron chi connectivity index (χ0n) is 22.7. The number of hydrogen-bond acceptors (Lipinski definition) is 9. The van der Waals surface area contributed by atoms with E-state index in [-0.39, 0.29) is 12.5 Å². The van der Waals surface area contributed by atoms with Crippen LogP contribution in [-0.2, 0) is 20.9 Å². The van der Waals surface area contributed by atoms with Crippen LogP contribution in [0.15, 0.2) is 67.0 Å². The van der Waals surface area contributed by atoms with E-state index in [9.17, 15) is 14.4 Å². The maximum Gasteiger partial charge on any atom is 0.335 e. The highest BCUT2D eigenvalue weighted by Crippen LogP contribution is 2.29. The smallest absolute Gasteiger partial charge is 0.335 e. The van der Waals surface area contributed by atoms with Crippen LogP contribution < -0.4 is 10.6 Å². The Morgan fingerprint density at radius 1 is 0.951 bits per heavy atom. The number of likely N-dealkylation sites (N-methyl/N-ethyl adjacent to an activating group) is 1. The summed E-state index contributed by atoms with van der Waals surface area (Å²) in [5.74, 6) is -2.05. The average Bonchev–Trinajstić information content (AvgIpc) is 3.00. The lowest BCUT2D eigenvalue weighted by Crippen LogP contribution is -2.39. The van der Waals surface area contributed by atoms with Crippen LogP contribution in [0.4, 0.5) is 5.82 Å². The van der Waals surface area contributed by atoms with Crippen LogP contribution in [-0.4, -0.2) is 92.0 Å². The lowest BCUT2D eigenvalue weighted by molar-refractivity contribution is -0.165. The lowest BCUT2D eigenvalue weighted by atomic mass is 9.93. The van der Waals surface area contributed by atoms with Crippen molar-refractivity contribution in [2.75, 3.05) is 31.6 Å². The summed E-state index contributed by atoms with van der Waals surface area (Å²) >= 11 is 0. The molecule has 0 saturated carbocycles. The first-order valence-corrected chi connectivity index (χ1v) is 13.1. The SMILES string of the molecule is CN(Cc1cccc(-c2ccc(N3CCC(c4ccccn4)CC3)nc2)c1)C(=O)CN.O=C(O)[C@H](O)[C@@H](O)C(=O)O. The van der Waals surface area contributed by atoms with E-state index in [1.54, 1.807) is 11.9 Å². The van der Waals surface area contributed by atoms with Crippen LogP contribution in [0.5, 0.6) is 0 Å². The molecule has 12 heteroatoms. The number of carboxylic acids is 2. The van der Waals surface area contributed by atoms with Crippen molar-refractivity contribution < 1.29 is 34.8 Å². The molecule has 3 heterocycles. The maximum atomic E-state index is 11.7. The van der Waals surface area contributed by atoms with E-state index in [4.69, 9.17) is 31.1 Å². The Morgan fingerprint density at radius 3 is 2.17 bits per heavy atom. The molecule has 1 aliphatic heterocycles. The van der Waals surface area contributed by atoms with E-state index < -0.39 is 24.1 Å². The first-order valence-electron chi connectivity index (χ1n) is 13.1. The van der Waals surface area contributed by atoms with Gasteiger partial charge in [-0.05, 0) is 54.3 Å². The van der Waals surface area contributed by atoms with Gasteiger partial charge in [0, 0.05) is 56.3 Å². The van der Waals surface area contributed by atoms with Crippen LogP contribution in [0.25, 0.3) is 11.1 Å². The number of aliphatic carboxylic acids is 2. The summed E-state index contributed by atoms with van der Waals surface area (Å²) in [5, 5.41) is 32.5. The predicted molar refractivity (Wildman–Crippen MR) is 151 cm³/mol. The third kappa shape index (κ3) is 8.80. The van der Waals surface area contributed by atoms with Crippen LogP contribution >= 0.6 is 0 Å². The van der Waals surface area contributed by atoms with Gasteiger partial charge in [0.2, 0.25) is 5.91 Å². The fourth-order valence-corrected chi connectivity index (χ4v) is 4.40. The monoisotopic (exact) mass is 565 g/mol. The van der Waals surface area contributed by atoms with Gasteiger partial charge in [0.05, 0.1) is 6.54 Å². The zero-order valence-corrected chi connectivity index (χ0v) is 22.7. The van der Waals surface area contributed by atoms with Gasteiger partial charge in [0.15, 0.2) is 12.2 Å². The quantitative estimate of drug-likeness (QED) is 0.251. The van der Waals surface area contributed by atoms with E-state index in [0.29, 0.717) is 12.5 Å². The Kier molecular flexibility index (Phi) is 11.3. The largest absolute Gasteiger partial charge is 0.479 e. The van der Waals surface area contributed by atoms with Crippen molar-refractivity contribution in [3.8, 4) is 11.1 Å². The molecular formula is C29H35N5O7. The van der Waals surface area contributed by atoms with Crippen molar-refractivity contribution in [1.29, 1.82) is 0 Å². The van der Waals surface area contributed by atoms with E-state index >= 15 is 0 Å². The predicted octanol–water partition coefficient (Wildman–Crippen LogP) is 1.32. The van der Waals surface area contributed by atoms with Crippen LogP contribution in [0.3, 0.4) is 0 Å². The first kappa shape index (κ1) is 31.1. The molecule has 6 N–H and O–H groups in total. The molecule has 0 spiro atoms. The first-order chi connectivity index (χ1) is 19.6. The highest BCUT2D eigenvalue weighted by atomic mass is 16.4. The number of nitrogens with zero attached hydrogens (tertiary/aromatic N) is 4. The Hall–Kier alpha value is -4.39. The highest BCUT2D eigenvalue weighted by molar-refractivity contribution is 5.83. The molecule has 1 saturated heterocycles. The van der Waals surface area contributed by atoms with Gasteiger partial charge in [-0.2, -0.15) is 0 Å². The zero-order chi connectivity index (χ0) is 29.9. The normalized spacial score (nSPS) is 14.8. The number of rotatable bonds is 9. The average molecular weight is 566 g/mol. The topological polar surface area (TPSA) is 190 Å². The third-order valence-corrected chi connectivity index (χ3v) is 6.76. The number of carbonyl (C=O) groups is 3. The lowest BCUT2D eigenvalue weighted by Gasteiger charge is -2.32. The second kappa shape index (κ2) is 14.8. The fraction of sp³-hybridized carbons (Fsp3) is 0.345. The minimum atomic E-state index is -2.27. The standard InChI is InChI=1S/C25H29N5O.C4H6O6/c1-29(25(31)16-26)18-19-5-4-6-21(15-19)22-8-9-24(28-17-22)30-13-10-20(11-14-30)23-7-2-3-12-27-23;5-1(3(7)8)2(6)4(9)10/h2-9,12,15,17,20H,10-11,13-14,16,18,26H2,1H3;1-2,5-6H,(H,7,8)(H,9,10)/t;1-,2-/m.1/s1. The van der Waals surface area contributed by atoms with Gasteiger partial charge >= 0.3 is 11.9 Å². The molecule has 2 aromatic heterocycles.